The number of ether oxygens (including phenoxy) is 1. The van der Waals surface area contributed by atoms with Gasteiger partial charge in [0.1, 0.15) is 5.75 Å². The highest BCUT2D eigenvalue weighted by molar-refractivity contribution is 5.81. The molecule has 2 saturated carbocycles. The predicted molar refractivity (Wildman–Crippen MR) is 82.0 cm³/mol. The average Bonchev–Trinajstić information content (AvgIpc) is 3.15. The number of hydrogen-bond donors (Lipinski definition) is 0. The fourth-order valence-corrected chi connectivity index (χ4v) is 4.45. The summed E-state index contributed by atoms with van der Waals surface area (Å²) in [6, 6.07) is 8.71. The van der Waals surface area contributed by atoms with E-state index in [4.69, 9.17) is 4.74 Å². The molecule has 2 aromatic rings. The molecule has 3 unspecified atom stereocenters. The van der Waals surface area contributed by atoms with E-state index < -0.39 is 0 Å². The Hall–Kier alpha value is -1.44. The second-order valence-electron chi connectivity index (χ2n) is 6.56. The van der Waals surface area contributed by atoms with Crippen LogP contribution in [-0.4, -0.2) is 11.2 Å². The first-order chi connectivity index (χ1) is 9.83. The minimum Gasteiger partial charge on any atom is -0.494 e. The van der Waals surface area contributed by atoms with E-state index in [1.807, 2.05) is 6.92 Å². The molecular formula is C18H23NO. The second-order valence-corrected chi connectivity index (χ2v) is 6.56. The Kier molecular flexibility index (Phi) is 2.98. The van der Waals surface area contributed by atoms with Crippen LogP contribution in [0.4, 0.5) is 0 Å². The molecule has 1 heterocycles. The van der Waals surface area contributed by atoms with Crippen molar-refractivity contribution in [1.29, 1.82) is 0 Å². The molecule has 2 nitrogen and oxygen atoms in total. The molecule has 0 N–H and O–H groups in total. The van der Waals surface area contributed by atoms with Crippen molar-refractivity contribution in [2.24, 2.45) is 17.8 Å². The number of aromatic nitrogens is 1. The maximum Gasteiger partial charge on any atom is 0.120 e. The quantitative estimate of drug-likeness (QED) is 0.798. The summed E-state index contributed by atoms with van der Waals surface area (Å²) in [7, 11) is 0. The summed E-state index contributed by atoms with van der Waals surface area (Å²) in [5.74, 6) is 3.94. The molecule has 0 aliphatic heterocycles. The van der Waals surface area contributed by atoms with Crippen molar-refractivity contribution in [1.82, 2.24) is 4.57 Å². The summed E-state index contributed by atoms with van der Waals surface area (Å²) in [6.07, 6.45) is 8.18. The summed E-state index contributed by atoms with van der Waals surface area (Å²) in [6.45, 7) is 3.97. The summed E-state index contributed by atoms with van der Waals surface area (Å²) in [5.41, 5.74) is 1.36. The van der Waals surface area contributed by atoms with Crippen molar-refractivity contribution in [3.05, 3.63) is 30.5 Å². The van der Waals surface area contributed by atoms with E-state index in [-0.39, 0.29) is 0 Å². The van der Waals surface area contributed by atoms with E-state index in [9.17, 15) is 0 Å². The Morgan fingerprint density at radius 3 is 2.90 bits per heavy atom. The first-order valence-corrected chi connectivity index (χ1v) is 8.05. The van der Waals surface area contributed by atoms with Crippen LogP contribution in [0.1, 0.15) is 32.6 Å². The Morgan fingerprint density at radius 2 is 2.15 bits per heavy atom. The SMILES string of the molecule is CCOc1ccc2c(ccn2CC2CC3CCC2C3)c1. The molecule has 0 amide bonds. The van der Waals surface area contributed by atoms with Crippen LogP contribution in [0.5, 0.6) is 5.75 Å². The largest absolute Gasteiger partial charge is 0.494 e. The molecule has 1 aromatic carbocycles. The normalized spacial score (nSPS) is 28.4. The van der Waals surface area contributed by atoms with Gasteiger partial charge in [0.25, 0.3) is 0 Å². The van der Waals surface area contributed by atoms with Gasteiger partial charge in [0.15, 0.2) is 0 Å². The topological polar surface area (TPSA) is 14.2 Å². The summed E-state index contributed by atoms with van der Waals surface area (Å²) >= 11 is 0. The maximum atomic E-state index is 5.59. The highest BCUT2D eigenvalue weighted by Gasteiger charge is 2.39. The third kappa shape index (κ3) is 2.02. The van der Waals surface area contributed by atoms with Crippen LogP contribution in [0, 0.1) is 17.8 Å². The first kappa shape index (κ1) is 12.3. The van der Waals surface area contributed by atoms with Gasteiger partial charge in [-0.2, -0.15) is 0 Å². The van der Waals surface area contributed by atoms with Crippen LogP contribution in [-0.2, 0) is 6.54 Å². The monoisotopic (exact) mass is 269 g/mol. The van der Waals surface area contributed by atoms with Gasteiger partial charge >= 0.3 is 0 Å². The van der Waals surface area contributed by atoms with E-state index in [1.165, 1.54) is 43.1 Å². The molecule has 2 bridgehead atoms. The summed E-state index contributed by atoms with van der Waals surface area (Å²) in [5, 5.41) is 1.30. The average molecular weight is 269 g/mol. The minimum atomic E-state index is 0.733. The number of fused-ring (bicyclic) bond motifs is 3. The smallest absolute Gasteiger partial charge is 0.120 e. The minimum absolute atomic E-state index is 0.733. The fraction of sp³-hybridized carbons (Fsp3) is 0.556. The molecule has 2 aliphatic rings. The molecule has 2 fully saturated rings. The molecule has 0 spiro atoms. The van der Waals surface area contributed by atoms with Gasteiger partial charge in [-0.25, -0.2) is 0 Å². The maximum absolute atomic E-state index is 5.59. The lowest BCUT2D eigenvalue weighted by atomic mass is 9.89. The number of nitrogens with zero attached hydrogens (tertiary/aromatic N) is 1. The van der Waals surface area contributed by atoms with Gasteiger partial charge in [-0.05, 0) is 68.2 Å². The third-order valence-electron chi connectivity index (χ3n) is 5.37. The first-order valence-electron chi connectivity index (χ1n) is 8.05. The standard InChI is InChI=1S/C18H23NO/c1-2-20-17-5-6-18-15(11-17)7-8-19(18)12-16-10-13-3-4-14(16)9-13/h5-8,11,13-14,16H,2-4,9-10,12H2,1H3. The molecule has 2 aliphatic carbocycles. The van der Waals surface area contributed by atoms with Crippen molar-refractivity contribution in [3.8, 4) is 5.75 Å². The second kappa shape index (κ2) is 4.83. The summed E-state index contributed by atoms with van der Waals surface area (Å²) < 4.78 is 8.04. The molecule has 20 heavy (non-hydrogen) atoms. The van der Waals surface area contributed by atoms with E-state index in [0.29, 0.717) is 0 Å². The van der Waals surface area contributed by atoms with E-state index in [0.717, 1.165) is 30.1 Å². The van der Waals surface area contributed by atoms with Crippen molar-refractivity contribution in [3.63, 3.8) is 0 Å². The molecule has 0 saturated heterocycles. The molecule has 4 rings (SSSR count). The van der Waals surface area contributed by atoms with Gasteiger partial charge in [0.05, 0.1) is 6.61 Å². The van der Waals surface area contributed by atoms with Crippen LogP contribution in [0.15, 0.2) is 30.5 Å². The van der Waals surface area contributed by atoms with Gasteiger partial charge in [0.2, 0.25) is 0 Å². The molecule has 106 valence electrons. The number of benzene rings is 1. The zero-order chi connectivity index (χ0) is 13.5. The van der Waals surface area contributed by atoms with E-state index in [1.54, 1.807) is 0 Å². The zero-order valence-corrected chi connectivity index (χ0v) is 12.2. The Balaban J connectivity index is 1.57. The highest BCUT2D eigenvalue weighted by Crippen LogP contribution is 2.49. The number of rotatable bonds is 4. The van der Waals surface area contributed by atoms with Gasteiger partial charge in [-0.3, -0.25) is 0 Å². The lowest BCUT2D eigenvalue weighted by molar-refractivity contribution is 0.299. The Morgan fingerprint density at radius 1 is 1.20 bits per heavy atom. The number of hydrogen-bond acceptors (Lipinski definition) is 1. The van der Waals surface area contributed by atoms with Crippen molar-refractivity contribution in [2.75, 3.05) is 6.61 Å². The zero-order valence-electron chi connectivity index (χ0n) is 12.2. The van der Waals surface area contributed by atoms with Crippen LogP contribution >= 0.6 is 0 Å². The molecular weight excluding hydrogens is 246 g/mol. The van der Waals surface area contributed by atoms with Crippen molar-refractivity contribution in [2.45, 2.75) is 39.2 Å². The van der Waals surface area contributed by atoms with Crippen LogP contribution in [0.3, 0.4) is 0 Å². The lowest BCUT2D eigenvalue weighted by Crippen LogP contribution is -2.16. The van der Waals surface area contributed by atoms with E-state index in [2.05, 4.69) is 35.0 Å². The highest BCUT2D eigenvalue weighted by atomic mass is 16.5. The van der Waals surface area contributed by atoms with Crippen LogP contribution in [0.2, 0.25) is 0 Å². The molecule has 0 radical (unpaired) electrons. The molecule has 3 atom stereocenters. The Bertz CT molecular complexity index is 615. The Labute approximate surface area is 120 Å². The van der Waals surface area contributed by atoms with Crippen molar-refractivity contribution < 1.29 is 4.74 Å². The van der Waals surface area contributed by atoms with Crippen LogP contribution in [0.25, 0.3) is 10.9 Å². The van der Waals surface area contributed by atoms with Crippen LogP contribution < -0.4 is 4.74 Å². The van der Waals surface area contributed by atoms with Gasteiger partial charge < -0.3 is 9.30 Å². The molecule has 2 heteroatoms. The third-order valence-corrected chi connectivity index (χ3v) is 5.37. The van der Waals surface area contributed by atoms with Gasteiger partial charge in [0, 0.05) is 23.6 Å². The van der Waals surface area contributed by atoms with Gasteiger partial charge in [-0.15, -0.1) is 0 Å². The van der Waals surface area contributed by atoms with Gasteiger partial charge in [-0.1, -0.05) is 6.42 Å². The van der Waals surface area contributed by atoms with Crippen molar-refractivity contribution >= 4 is 10.9 Å². The summed E-state index contributed by atoms with van der Waals surface area (Å²) in [4.78, 5) is 0. The predicted octanol–water partition coefficient (Wildman–Crippen LogP) is 4.48. The lowest BCUT2D eigenvalue weighted by Gasteiger charge is -2.22. The molecule has 1 aromatic heterocycles. The van der Waals surface area contributed by atoms with E-state index >= 15 is 0 Å². The fourth-order valence-electron chi connectivity index (χ4n) is 4.45.